The van der Waals surface area contributed by atoms with Crippen molar-refractivity contribution in [2.45, 2.75) is 33.9 Å². The van der Waals surface area contributed by atoms with E-state index in [2.05, 4.69) is 51.0 Å². The van der Waals surface area contributed by atoms with E-state index in [1.165, 1.54) is 5.69 Å². The lowest BCUT2D eigenvalue weighted by Crippen LogP contribution is -2.40. The van der Waals surface area contributed by atoms with E-state index in [0.717, 1.165) is 41.9 Å². The Morgan fingerprint density at radius 2 is 2.08 bits per heavy atom. The minimum Gasteiger partial charge on any atom is -0.356 e. The molecule has 2 aromatic rings. The third-order valence-corrected chi connectivity index (χ3v) is 4.31. The van der Waals surface area contributed by atoms with Crippen molar-refractivity contribution in [2.24, 2.45) is 10.9 Å². The zero-order valence-corrected chi connectivity index (χ0v) is 19.2. The lowest BCUT2D eigenvalue weighted by Gasteiger charge is -2.24. The number of nitrogens with one attached hydrogen (secondary N) is 1. The Morgan fingerprint density at radius 1 is 1.35 bits per heavy atom. The molecular formula is C19H29ClIN5. The van der Waals surface area contributed by atoms with Crippen LogP contribution in [0.5, 0.6) is 0 Å². The van der Waals surface area contributed by atoms with Gasteiger partial charge in [0.2, 0.25) is 0 Å². The van der Waals surface area contributed by atoms with E-state index in [4.69, 9.17) is 11.6 Å². The average molecular weight is 490 g/mol. The quantitative estimate of drug-likeness (QED) is 0.377. The van der Waals surface area contributed by atoms with E-state index in [9.17, 15) is 0 Å². The normalized spacial score (nSPS) is 12.5. The first-order chi connectivity index (χ1) is 11.9. The number of aromatic nitrogens is 2. The van der Waals surface area contributed by atoms with Gasteiger partial charge in [0.05, 0.1) is 5.69 Å². The number of benzene rings is 1. The number of aliphatic imine (C=N–C) groups is 1. The van der Waals surface area contributed by atoms with Crippen molar-refractivity contribution in [1.29, 1.82) is 0 Å². The van der Waals surface area contributed by atoms with Gasteiger partial charge >= 0.3 is 0 Å². The highest BCUT2D eigenvalue weighted by Gasteiger charge is 2.11. The first-order valence-electron chi connectivity index (χ1n) is 8.56. The van der Waals surface area contributed by atoms with E-state index < -0.39 is 0 Å². The third kappa shape index (κ3) is 6.79. The molecule has 1 aromatic carbocycles. The molecule has 0 amide bonds. The van der Waals surface area contributed by atoms with Crippen LogP contribution in [0.1, 0.15) is 23.9 Å². The molecule has 0 fully saturated rings. The van der Waals surface area contributed by atoms with Gasteiger partial charge in [0.1, 0.15) is 0 Å². The second kappa shape index (κ2) is 10.8. The second-order valence-electron chi connectivity index (χ2n) is 6.63. The van der Waals surface area contributed by atoms with Gasteiger partial charge in [-0.25, -0.2) is 0 Å². The minimum absolute atomic E-state index is 0. The zero-order chi connectivity index (χ0) is 18.4. The fourth-order valence-electron chi connectivity index (χ4n) is 2.85. The molecule has 1 aromatic heterocycles. The Morgan fingerprint density at radius 3 is 2.65 bits per heavy atom. The molecule has 0 saturated carbocycles. The summed E-state index contributed by atoms with van der Waals surface area (Å²) >= 11 is 6.06. The Labute approximate surface area is 178 Å². The van der Waals surface area contributed by atoms with Gasteiger partial charge in [-0.2, -0.15) is 5.10 Å². The maximum Gasteiger partial charge on any atom is 0.193 e. The SMILES string of the molecule is CN=C(NCC(C)Cn1nc(C)cc1C)N(C)Cc1cccc(Cl)c1.I. The van der Waals surface area contributed by atoms with Crippen molar-refractivity contribution >= 4 is 41.5 Å². The van der Waals surface area contributed by atoms with E-state index in [1.807, 2.05) is 39.2 Å². The van der Waals surface area contributed by atoms with E-state index in [1.54, 1.807) is 0 Å². The molecule has 1 unspecified atom stereocenters. The van der Waals surface area contributed by atoms with Crippen LogP contribution in [-0.2, 0) is 13.1 Å². The molecule has 1 heterocycles. The molecule has 0 aliphatic rings. The van der Waals surface area contributed by atoms with Crippen LogP contribution in [0.2, 0.25) is 5.02 Å². The predicted octanol–water partition coefficient (Wildman–Crippen LogP) is 4.11. The topological polar surface area (TPSA) is 45.5 Å². The van der Waals surface area contributed by atoms with Crippen molar-refractivity contribution in [1.82, 2.24) is 20.0 Å². The molecule has 1 N–H and O–H groups in total. The first-order valence-corrected chi connectivity index (χ1v) is 8.94. The Hall–Kier alpha value is -1.28. The van der Waals surface area contributed by atoms with Crippen LogP contribution in [-0.4, -0.2) is 41.3 Å². The summed E-state index contributed by atoms with van der Waals surface area (Å²) in [6, 6.07) is 10.0. The van der Waals surface area contributed by atoms with Gasteiger partial charge in [0.15, 0.2) is 5.96 Å². The summed E-state index contributed by atoms with van der Waals surface area (Å²) in [5, 5.41) is 8.74. The maximum atomic E-state index is 6.06. The molecule has 144 valence electrons. The molecule has 0 aliphatic heterocycles. The van der Waals surface area contributed by atoms with Gasteiger partial charge in [0.25, 0.3) is 0 Å². The number of rotatable bonds is 6. The maximum absolute atomic E-state index is 6.06. The summed E-state index contributed by atoms with van der Waals surface area (Å²) in [5.41, 5.74) is 3.43. The first kappa shape index (κ1) is 22.8. The highest BCUT2D eigenvalue weighted by atomic mass is 127. The third-order valence-electron chi connectivity index (χ3n) is 4.08. The van der Waals surface area contributed by atoms with Crippen LogP contribution >= 0.6 is 35.6 Å². The number of nitrogens with zero attached hydrogens (tertiary/aromatic N) is 4. The van der Waals surface area contributed by atoms with Crippen molar-refractivity contribution in [2.75, 3.05) is 20.6 Å². The summed E-state index contributed by atoms with van der Waals surface area (Å²) < 4.78 is 2.07. The van der Waals surface area contributed by atoms with E-state index in [-0.39, 0.29) is 24.0 Å². The molecule has 1 atom stereocenters. The van der Waals surface area contributed by atoms with Crippen molar-refractivity contribution < 1.29 is 0 Å². The van der Waals surface area contributed by atoms with Gasteiger partial charge in [0, 0.05) is 44.4 Å². The number of hydrogen-bond acceptors (Lipinski definition) is 2. The number of aryl methyl sites for hydroxylation is 2. The minimum atomic E-state index is 0. The van der Waals surface area contributed by atoms with E-state index >= 15 is 0 Å². The predicted molar refractivity (Wildman–Crippen MR) is 121 cm³/mol. The molecule has 0 spiro atoms. The van der Waals surface area contributed by atoms with Crippen LogP contribution in [0.15, 0.2) is 35.3 Å². The largest absolute Gasteiger partial charge is 0.356 e. The van der Waals surface area contributed by atoms with Crippen LogP contribution in [0.25, 0.3) is 0 Å². The molecule has 7 heteroatoms. The molecular weight excluding hydrogens is 461 g/mol. The lowest BCUT2D eigenvalue weighted by molar-refractivity contribution is 0.418. The molecule has 5 nitrogen and oxygen atoms in total. The smallest absolute Gasteiger partial charge is 0.193 e. The van der Waals surface area contributed by atoms with Crippen molar-refractivity contribution in [3.63, 3.8) is 0 Å². The van der Waals surface area contributed by atoms with Gasteiger partial charge in [-0.05, 0) is 43.5 Å². The van der Waals surface area contributed by atoms with Gasteiger partial charge in [-0.15, -0.1) is 24.0 Å². The molecule has 0 saturated heterocycles. The summed E-state index contributed by atoms with van der Waals surface area (Å²) in [7, 11) is 3.84. The number of guanidine groups is 1. The molecule has 0 aliphatic carbocycles. The summed E-state index contributed by atoms with van der Waals surface area (Å²) in [4.78, 5) is 6.48. The fraction of sp³-hybridized carbons (Fsp3) is 0.474. The van der Waals surface area contributed by atoms with Crippen LogP contribution in [0.4, 0.5) is 0 Å². The standard InChI is InChI=1S/C19H28ClN5.HI/c1-14(12-25-16(3)9-15(2)23-25)11-22-19(21-4)24(5)13-17-7-6-8-18(20)10-17;/h6-10,14H,11-13H2,1-5H3,(H,21,22);1H. The second-order valence-corrected chi connectivity index (χ2v) is 7.06. The highest BCUT2D eigenvalue weighted by molar-refractivity contribution is 14.0. The fourth-order valence-corrected chi connectivity index (χ4v) is 3.07. The number of hydrogen-bond donors (Lipinski definition) is 1. The van der Waals surface area contributed by atoms with Gasteiger partial charge < -0.3 is 10.2 Å². The monoisotopic (exact) mass is 489 g/mol. The van der Waals surface area contributed by atoms with Crippen LogP contribution in [0.3, 0.4) is 0 Å². The molecule has 0 bridgehead atoms. The Bertz CT molecular complexity index is 728. The van der Waals surface area contributed by atoms with Gasteiger partial charge in [-0.3, -0.25) is 9.67 Å². The van der Waals surface area contributed by atoms with Crippen LogP contribution in [0, 0.1) is 19.8 Å². The molecule has 26 heavy (non-hydrogen) atoms. The summed E-state index contributed by atoms with van der Waals surface area (Å²) in [5.74, 6) is 1.31. The molecule has 2 rings (SSSR count). The van der Waals surface area contributed by atoms with Crippen LogP contribution < -0.4 is 5.32 Å². The lowest BCUT2D eigenvalue weighted by atomic mass is 10.2. The van der Waals surface area contributed by atoms with E-state index in [0.29, 0.717) is 5.92 Å². The molecule has 0 radical (unpaired) electrons. The summed E-state index contributed by atoms with van der Waals surface area (Å²) in [6.07, 6.45) is 0. The number of halogens is 2. The zero-order valence-electron chi connectivity index (χ0n) is 16.2. The Balaban J connectivity index is 0.00000338. The van der Waals surface area contributed by atoms with Gasteiger partial charge in [-0.1, -0.05) is 30.7 Å². The summed E-state index contributed by atoms with van der Waals surface area (Å²) in [6.45, 7) is 8.82. The average Bonchev–Trinajstić information content (AvgIpc) is 2.85. The highest BCUT2D eigenvalue weighted by Crippen LogP contribution is 2.12. The van der Waals surface area contributed by atoms with Crippen molar-refractivity contribution in [3.8, 4) is 0 Å². The Kier molecular flexibility index (Phi) is 9.43. The van der Waals surface area contributed by atoms with Crippen molar-refractivity contribution in [3.05, 3.63) is 52.3 Å².